The highest BCUT2D eigenvalue weighted by molar-refractivity contribution is 7.99. The first kappa shape index (κ1) is 14.8. The van der Waals surface area contributed by atoms with Gasteiger partial charge in [0.05, 0.1) is 6.04 Å². The lowest BCUT2D eigenvalue weighted by atomic mass is 10.3. The van der Waals surface area contributed by atoms with Crippen LogP contribution in [-0.2, 0) is 0 Å². The summed E-state index contributed by atoms with van der Waals surface area (Å²) in [5.41, 5.74) is 0. The zero-order chi connectivity index (χ0) is 13.3. The van der Waals surface area contributed by atoms with Gasteiger partial charge in [-0.1, -0.05) is 31.5 Å². The van der Waals surface area contributed by atoms with Crippen LogP contribution in [0.5, 0.6) is 0 Å². The van der Waals surface area contributed by atoms with E-state index >= 15 is 0 Å². The summed E-state index contributed by atoms with van der Waals surface area (Å²) < 4.78 is 2.05. The number of nitrogens with one attached hydrogen (secondary N) is 1. The summed E-state index contributed by atoms with van der Waals surface area (Å²) in [7, 11) is 0. The van der Waals surface area contributed by atoms with Gasteiger partial charge in [-0.15, -0.1) is 5.10 Å². The maximum atomic E-state index is 4.16. The first-order chi connectivity index (χ1) is 9.42. The van der Waals surface area contributed by atoms with Gasteiger partial charge in [0, 0.05) is 5.75 Å². The molecule has 0 radical (unpaired) electrons. The van der Waals surface area contributed by atoms with Crippen LogP contribution < -0.4 is 5.32 Å². The number of tetrazole rings is 1. The van der Waals surface area contributed by atoms with Crippen molar-refractivity contribution in [1.82, 2.24) is 25.5 Å². The van der Waals surface area contributed by atoms with Crippen molar-refractivity contribution in [1.29, 1.82) is 0 Å². The van der Waals surface area contributed by atoms with Crippen LogP contribution in [0.15, 0.2) is 5.16 Å². The summed E-state index contributed by atoms with van der Waals surface area (Å²) in [6.07, 6.45) is 8.77. The summed E-state index contributed by atoms with van der Waals surface area (Å²) in [5, 5.41) is 16.6. The normalized spacial score (nSPS) is 16.3. The second-order valence-corrected chi connectivity index (χ2v) is 6.21. The lowest BCUT2D eigenvalue weighted by Crippen LogP contribution is -2.15. The topological polar surface area (TPSA) is 55.6 Å². The van der Waals surface area contributed by atoms with E-state index in [0.717, 1.165) is 24.0 Å². The molecular formula is C13H25N5S. The lowest BCUT2D eigenvalue weighted by molar-refractivity contribution is 0.423. The van der Waals surface area contributed by atoms with Crippen molar-refractivity contribution in [3.05, 3.63) is 0 Å². The first-order valence-electron chi connectivity index (χ1n) is 7.53. The molecule has 0 amide bonds. The van der Waals surface area contributed by atoms with E-state index < -0.39 is 0 Å². The van der Waals surface area contributed by atoms with E-state index in [1.54, 1.807) is 11.8 Å². The molecule has 0 aliphatic heterocycles. The number of hydrogen-bond donors (Lipinski definition) is 1. The molecule has 2 rings (SSSR count). The van der Waals surface area contributed by atoms with Gasteiger partial charge in [-0.2, -0.15) is 0 Å². The Labute approximate surface area is 119 Å². The number of nitrogens with zero attached hydrogens (tertiary/aromatic N) is 4. The van der Waals surface area contributed by atoms with Crippen LogP contribution >= 0.6 is 11.8 Å². The van der Waals surface area contributed by atoms with Gasteiger partial charge >= 0.3 is 0 Å². The fourth-order valence-electron chi connectivity index (χ4n) is 2.48. The molecule has 1 heterocycles. The Hall–Kier alpha value is -0.620. The van der Waals surface area contributed by atoms with Crippen molar-refractivity contribution in [3.63, 3.8) is 0 Å². The molecule has 0 saturated heterocycles. The predicted octanol–water partition coefficient (Wildman–Crippen LogP) is 2.66. The van der Waals surface area contributed by atoms with Gasteiger partial charge < -0.3 is 5.32 Å². The Balaban J connectivity index is 1.64. The first-order valence-corrected chi connectivity index (χ1v) is 8.51. The van der Waals surface area contributed by atoms with Crippen molar-refractivity contribution in [2.75, 3.05) is 18.8 Å². The van der Waals surface area contributed by atoms with E-state index in [0.29, 0.717) is 6.04 Å². The van der Waals surface area contributed by atoms with Gasteiger partial charge in [-0.25, -0.2) is 4.68 Å². The number of rotatable bonds is 9. The zero-order valence-corrected chi connectivity index (χ0v) is 12.7. The maximum Gasteiger partial charge on any atom is 0.209 e. The van der Waals surface area contributed by atoms with Crippen LogP contribution in [0.2, 0.25) is 0 Å². The molecule has 1 aliphatic carbocycles. The molecule has 1 aliphatic rings. The smallest absolute Gasteiger partial charge is 0.209 e. The standard InChI is InChI=1S/C13H25N5S/c1-2-9-14-10-5-6-11-19-13-15-16-17-18(13)12-7-3-4-8-12/h12,14H,2-11H2,1H3. The van der Waals surface area contributed by atoms with Gasteiger partial charge in [-0.3, -0.25) is 0 Å². The van der Waals surface area contributed by atoms with Crippen molar-refractivity contribution in [3.8, 4) is 0 Å². The number of hydrogen-bond acceptors (Lipinski definition) is 5. The number of unbranched alkanes of at least 4 members (excludes halogenated alkanes) is 1. The minimum atomic E-state index is 0.545. The second kappa shape index (κ2) is 8.53. The molecule has 1 aromatic rings. The Bertz CT molecular complexity index is 349. The molecule has 108 valence electrons. The molecule has 0 unspecified atom stereocenters. The van der Waals surface area contributed by atoms with Gasteiger partial charge in [-0.05, 0) is 55.6 Å². The van der Waals surface area contributed by atoms with Crippen molar-refractivity contribution >= 4 is 11.8 Å². The summed E-state index contributed by atoms with van der Waals surface area (Å²) in [6, 6.07) is 0.545. The third kappa shape index (κ3) is 4.76. The lowest BCUT2D eigenvalue weighted by Gasteiger charge is -2.10. The molecular weight excluding hydrogens is 258 g/mol. The van der Waals surface area contributed by atoms with Crippen molar-refractivity contribution in [2.45, 2.75) is 63.1 Å². The SMILES string of the molecule is CCCNCCCCSc1nnnn1C1CCCC1. The van der Waals surface area contributed by atoms with E-state index in [4.69, 9.17) is 0 Å². The van der Waals surface area contributed by atoms with E-state index in [2.05, 4.69) is 27.8 Å². The van der Waals surface area contributed by atoms with Crippen molar-refractivity contribution < 1.29 is 0 Å². The summed E-state index contributed by atoms with van der Waals surface area (Å²) in [4.78, 5) is 0. The summed E-state index contributed by atoms with van der Waals surface area (Å²) >= 11 is 1.80. The highest BCUT2D eigenvalue weighted by Gasteiger charge is 2.21. The highest BCUT2D eigenvalue weighted by Crippen LogP contribution is 2.31. The zero-order valence-electron chi connectivity index (χ0n) is 11.8. The Morgan fingerprint density at radius 1 is 1.26 bits per heavy atom. The maximum absolute atomic E-state index is 4.16. The fraction of sp³-hybridized carbons (Fsp3) is 0.923. The van der Waals surface area contributed by atoms with Gasteiger partial charge in [0.15, 0.2) is 0 Å². The summed E-state index contributed by atoms with van der Waals surface area (Å²) in [5.74, 6) is 1.11. The number of thioether (sulfide) groups is 1. The van der Waals surface area contributed by atoms with Crippen molar-refractivity contribution in [2.24, 2.45) is 0 Å². The van der Waals surface area contributed by atoms with Crippen LogP contribution in [0.25, 0.3) is 0 Å². The predicted molar refractivity (Wildman–Crippen MR) is 78.4 cm³/mol. The molecule has 1 aromatic heterocycles. The minimum absolute atomic E-state index is 0.545. The Kier molecular flexibility index (Phi) is 6.64. The summed E-state index contributed by atoms with van der Waals surface area (Å²) in [6.45, 7) is 4.46. The second-order valence-electron chi connectivity index (χ2n) is 5.15. The molecule has 6 heteroatoms. The average molecular weight is 283 g/mol. The van der Waals surface area contributed by atoms with E-state index in [-0.39, 0.29) is 0 Å². The molecule has 1 N–H and O–H groups in total. The number of aromatic nitrogens is 4. The quantitative estimate of drug-likeness (QED) is 0.558. The molecule has 0 aromatic carbocycles. The molecule has 0 atom stereocenters. The van der Waals surface area contributed by atoms with Crippen LogP contribution in [0, 0.1) is 0 Å². The van der Waals surface area contributed by atoms with E-state index in [1.165, 1.54) is 44.9 Å². The molecule has 0 bridgehead atoms. The molecule has 1 fully saturated rings. The monoisotopic (exact) mass is 283 g/mol. The Morgan fingerprint density at radius 2 is 2.11 bits per heavy atom. The average Bonchev–Trinajstić information content (AvgIpc) is 3.08. The molecule has 19 heavy (non-hydrogen) atoms. The third-order valence-electron chi connectivity index (χ3n) is 3.54. The van der Waals surface area contributed by atoms with E-state index in [1.807, 2.05) is 4.68 Å². The molecule has 0 spiro atoms. The van der Waals surface area contributed by atoms with Crippen LogP contribution in [0.3, 0.4) is 0 Å². The minimum Gasteiger partial charge on any atom is -0.317 e. The van der Waals surface area contributed by atoms with Crippen LogP contribution in [0.1, 0.15) is 57.9 Å². The molecule has 1 saturated carbocycles. The third-order valence-corrected chi connectivity index (χ3v) is 4.56. The fourth-order valence-corrected chi connectivity index (χ4v) is 3.42. The largest absolute Gasteiger partial charge is 0.317 e. The highest BCUT2D eigenvalue weighted by atomic mass is 32.2. The van der Waals surface area contributed by atoms with Crippen LogP contribution in [-0.4, -0.2) is 39.0 Å². The molecule has 5 nitrogen and oxygen atoms in total. The van der Waals surface area contributed by atoms with Gasteiger partial charge in [0.25, 0.3) is 0 Å². The van der Waals surface area contributed by atoms with Crippen LogP contribution in [0.4, 0.5) is 0 Å². The van der Waals surface area contributed by atoms with Gasteiger partial charge in [0.1, 0.15) is 0 Å². The van der Waals surface area contributed by atoms with Gasteiger partial charge in [0.2, 0.25) is 5.16 Å². The van der Waals surface area contributed by atoms with E-state index in [9.17, 15) is 0 Å². The Morgan fingerprint density at radius 3 is 2.89 bits per heavy atom.